The molecule has 0 unspecified atom stereocenters. The average Bonchev–Trinajstić information content (AvgIpc) is 2.89. The molecule has 0 saturated carbocycles. The van der Waals surface area contributed by atoms with Gasteiger partial charge in [0.15, 0.2) is 0 Å². The van der Waals surface area contributed by atoms with E-state index in [4.69, 9.17) is 0 Å². The molecule has 0 atom stereocenters. The van der Waals surface area contributed by atoms with E-state index in [2.05, 4.69) is 63.3 Å². The fraction of sp³-hybridized carbons (Fsp3) is 0.714. The van der Waals surface area contributed by atoms with E-state index in [1.807, 2.05) is 7.05 Å². The predicted molar refractivity (Wildman–Crippen MR) is 76.9 cm³/mol. The van der Waals surface area contributed by atoms with Gasteiger partial charge in [0.1, 0.15) is 0 Å². The number of hydrogen-bond acceptors (Lipinski definition) is 3. The van der Waals surface area contributed by atoms with Crippen molar-refractivity contribution in [1.29, 1.82) is 0 Å². The van der Waals surface area contributed by atoms with E-state index in [1.54, 1.807) is 0 Å². The van der Waals surface area contributed by atoms with Gasteiger partial charge in [0.2, 0.25) is 0 Å². The maximum absolute atomic E-state index is 3.13. The first-order valence-corrected chi connectivity index (χ1v) is 10.0. The molecule has 18 heavy (non-hydrogen) atoms. The SMILES string of the molecule is CC[N](C)[Hf][N](C)CC.CNCCC1C=CC=C1. The van der Waals surface area contributed by atoms with Crippen molar-refractivity contribution in [2.24, 2.45) is 5.92 Å². The van der Waals surface area contributed by atoms with Crippen LogP contribution in [0.4, 0.5) is 0 Å². The van der Waals surface area contributed by atoms with Crippen molar-refractivity contribution in [3.05, 3.63) is 24.3 Å². The normalized spacial score (nSPS) is 14.2. The van der Waals surface area contributed by atoms with E-state index in [0.717, 1.165) is 6.54 Å². The molecule has 0 aromatic heterocycles. The molecular weight excluding hydrogens is 389 g/mol. The topological polar surface area (TPSA) is 18.5 Å². The molecule has 0 amide bonds. The summed E-state index contributed by atoms with van der Waals surface area (Å²) in [5.41, 5.74) is 0. The number of hydrogen-bond donors (Lipinski definition) is 1. The number of allylic oxidation sites excluding steroid dienone is 4. The van der Waals surface area contributed by atoms with Gasteiger partial charge >= 0.3 is 70.3 Å². The van der Waals surface area contributed by atoms with E-state index < -0.39 is 23.5 Å². The van der Waals surface area contributed by atoms with Crippen molar-refractivity contribution < 1.29 is 23.5 Å². The van der Waals surface area contributed by atoms with E-state index >= 15 is 0 Å². The standard InChI is InChI=1S/C8H13N.2C3H8N.Hf/c1-9-7-6-8-4-2-3-5-8;2*1-3-4-2;/h2-5,8-9H,6-7H2,1H3;2*3H2,1-2H3;/q;2*-1;+2. The third-order valence-corrected chi connectivity index (χ3v) is 7.57. The van der Waals surface area contributed by atoms with Gasteiger partial charge in [-0.05, 0) is 25.9 Å². The summed E-state index contributed by atoms with van der Waals surface area (Å²) in [6, 6.07) is 0. The fourth-order valence-electron chi connectivity index (χ4n) is 1.41. The van der Waals surface area contributed by atoms with Crippen LogP contribution in [0.3, 0.4) is 0 Å². The minimum absolute atomic E-state index is 0.533. The van der Waals surface area contributed by atoms with Crippen LogP contribution < -0.4 is 5.32 Å². The molecule has 104 valence electrons. The van der Waals surface area contributed by atoms with Crippen molar-refractivity contribution in [2.75, 3.05) is 40.8 Å². The van der Waals surface area contributed by atoms with Crippen LogP contribution in [0.15, 0.2) is 24.3 Å². The van der Waals surface area contributed by atoms with E-state index in [0.29, 0.717) is 5.92 Å². The Balaban J connectivity index is 0.000000321. The van der Waals surface area contributed by atoms with Gasteiger partial charge in [-0.25, -0.2) is 0 Å². The van der Waals surface area contributed by atoms with Gasteiger partial charge in [0.25, 0.3) is 0 Å². The Kier molecular flexibility index (Phi) is 12.4. The van der Waals surface area contributed by atoms with Gasteiger partial charge in [-0.1, -0.05) is 24.3 Å². The van der Waals surface area contributed by atoms with E-state index in [9.17, 15) is 0 Å². The fourth-order valence-corrected chi connectivity index (χ4v) is 4.52. The molecular formula is C14H29HfN3. The van der Waals surface area contributed by atoms with Crippen LogP contribution in [0.1, 0.15) is 20.3 Å². The molecule has 4 heteroatoms. The molecule has 0 heterocycles. The molecule has 1 aliphatic carbocycles. The molecule has 0 fully saturated rings. The summed E-state index contributed by atoms with van der Waals surface area (Å²) < 4.78 is 4.95. The van der Waals surface area contributed by atoms with Gasteiger partial charge in [0, 0.05) is 0 Å². The van der Waals surface area contributed by atoms with Crippen molar-refractivity contribution in [3.63, 3.8) is 0 Å². The molecule has 3 nitrogen and oxygen atoms in total. The number of nitrogens with one attached hydrogen (secondary N) is 1. The summed E-state index contributed by atoms with van der Waals surface area (Å²) in [7, 11) is 6.42. The summed E-state index contributed by atoms with van der Waals surface area (Å²) in [4.78, 5) is 0. The second-order valence-corrected chi connectivity index (χ2v) is 10.7. The van der Waals surface area contributed by atoms with Crippen molar-refractivity contribution >= 4 is 0 Å². The summed E-state index contributed by atoms with van der Waals surface area (Å²) in [5, 5.41) is 3.13. The van der Waals surface area contributed by atoms with Crippen molar-refractivity contribution in [1.82, 2.24) is 11.1 Å². The first-order chi connectivity index (χ1) is 8.63. The van der Waals surface area contributed by atoms with Crippen molar-refractivity contribution in [2.45, 2.75) is 20.3 Å². The average molecular weight is 418 g/mol. The summed E-state index contributed by atoms with van der Waals surface area (Å²) in [6.07, 6.45) is 9.92. The van der Waals surface area contributed by atoms with Crippen LogP contribution in [-0.2, 0) is 23.5 Å². The van der Waals surface area contributed by atoms with Crippen LogP contribution in [0.2, 0.25) is 0 Å². The maximum atomic E-state index is 3.13. The van der Waals surface area contributed by atoms with Crippen molar-refractivity contribution in [3.8, 4) is 0 Å². The third-order valence-electron chi connectivity index (χ3n) is 2.85. The Hall–Kier alpha value is 0.230. The van der Waals surface area contributed by atoms with Crippen LogP contribution in [0.5, 0.6) is 0 Å². The van der Waals surface area contributed by atoms with Gasteiger partial charge in [-0.15, -0.1) is 0 Å². The van der Waals surface area contributed by atoms with Crippen LogP contribution >= 0.6 is 0 Å². The summed E-state index contributed by atoms with van der Waals surface area (Å²) in [6.45, 7) is 7.98. The second kappa shape index (κ2) is 12.3. The number of nitrogens with zero attached hydrogens (tertiary/aromatic N) is 2. The van der Waals surface area contributed by atoms with Crippen LogP contribution in [0.25, 0.3) is 0 Å². The Labute approximate surface area is 125 Å². The summed E-state index contributed by atoms with van der Waals surface area (Å²) in [5.74, 6) is 0.692. The first-order valence-electron chi connectivity index (χ1n) is 6.82. The first kappa shape index (κ1) is 18.2. The molecule has 0 saturated heterocycles. The molecule has 1 rings (SSSR count). The molecule has 1 N–H and O–H groups in total. The van der Waals surface area contributed by atoms with Gasteiger partial charge in [-0.3, -0.25) is 0 Å². The zero-order valence-corrected chi connectivity index (χ0v) is 16.2. The van der Waals surface area contributed by atoms with Gasteiger partial charge in [0.05, 0.1) is 0 Å². The Morgan fingerprint density at radius 3 is 1.94 bits per heavy atom. The van der Waals surface area contributed by atoms with Crippen LogP contribution in [0, 0.1) is 5.92 Å². The zero-order chi connectivity index (χ0) is 13.8. The molecule has 0 spiro atoms. The van der Waals surface area contributed by atoms with E-state index in [1.165, 1.54) is 19.5 Å². The minimum Gasteiger partial charge on any atom is -0.320 e. The molecule has 0 aromatic rings. The summed E-state index contributed by atoms with van der Waals surface area (Å²) >= 11 is -0.533. The Bertz CT molecular complexity index is 221. The maximum Gasteiger partial charge on any atom is -0.00352 e. The molecule has 0 aromatic carbocycles. The minimum atomic E-state index is -0.533. The van der Waals surface area contributed by atoms with Gasteiger partial charge < -0.3 is 5.32 Å². The van der Waals surface area contributed by atoms with Gasteiger partial charge in [-0.2, -0.15) is 0 Å². The molecule has 0 radical (unpaired) electrons. The molecule has 0 aliphatic heterocycles. The third kappa shape index (κ3) is 10.2. The monoisotopic (exact) mass is 419 g/mol. The Morgan fingerprint density at radius 1 is 1.06 bits per heavy atom. The molecule has 0 bridgehead atoms. The van der Waals surface area contributed by atoms with E-state index in [-0.39, 0.29) is 0 Å². The second-order valence-electron chi connectivity index (χ2n) is 4.45. The molecule has 1 aliphatic rings. The number of rotatable bonds is 7. The predicted octanol–water partition coefficient (Wildman–Crippen LogP) is 2.14. The quantitative estimate of drug-likeness (QED) is 0.640. The van der Waals surface area contributed by atoms with Crippen LogP contribution in [-0.4, -0.2) is 46.6 Å². The zero-order valence-electron chi connectivity index (χ0n) is 12.6. The smallest absolute Gasteiger partial charge is 0.00352 e. The Morgan fingerprint density at radius 2 is 1.56 bits per heavy atom. The largest absolute Gasteiger partial charge is 0.320 e.